The smallest absolute Gasteiger partial charge is 0.243 e. The Kier molecular flexibility index (Phi) is 4.38. The van der Waals surface area contributed by atoms with Gasteiger partial charge in [-0.3, -0.25) is 0 Å². The van der Waals surface area contributed by atoms with E-state index in [1.165, 1.54) is 22.6 Å². The highest BCUT2D eigenvalue weighted by atomic mass is 32.2. The summed E-state index contributed by atoms with van der Waals surface area (Å²) < 4.78 is 31.8. The third kappa shape index (κ3) is 3.23. The first kappa shape index (κ1) is 14.2. The van der Waals surface area contributed by atoms with E-state index < -0.39 is 10.0 Å². The molecule has 0 amide bonds. The summed E-state index contributed by atoms with van der Waals surface area (Å²) >= 11 is 0. The maximum atomic E-state index is 12.4. The summed E-state index contributed by atoms with van der Waals surface area (Å²) in [5, 5.41) is 0. The van der Waals surface area contributed by atoms with Crippen LogP contribution < -0.4 is 5.73 Å². The van der Waals surface area contributed by atoms with Crippen molar-refractivity contribution in [3.63, 3.8) is 0 Å². The van der Waals surface area contributed by atoms with Crippen molar-refractivity contribution in [2.45, 2.75) is 30.8 Å². The summed E-state index contributed by atoms with van der Waals surface area (Å²) in [5.74, 6) is 0.213. The Bertz CT molecular complexity index is 525. The van der Waals surface area contributed by atoms with Crippen molar-refractivity contribution < 1.29 is 13.2 Å². The normalized spacial score (nSPS) is 18.6. The fourth-order valence-electron chi connectivity index (χ4n) is 2.21. The molecular formula is C12H19N3O3S. The Morgan fingerprint density at radius 2 is 2.16 bits per heavy atom. The highest BCUT2D eigenvalue weighted by Crippen LogP contribution is 2.22. The molecule has 2 rings (SSSR count). The van der Waals surface area contributed by atoms with Crippen molar-refractivity contribution in [1.29, 1.82) is 0 Å². The number of aromatic nitrogens is 1. The molecule has 0 bridgehead atoms. The standard InChI is InChI=1S/C12H19N3O3S/c1-2-18-10-4-7-15(8-5-10)19(16,17)11-3-6-14-12(13)9-11/h3,6,9-10H,2,4-5,7-8H2,1H3,(H2,13,14). The van der Waals surface area contributed by atoms with Gasteiger partial charge in [0.15, 0.2) is 0 Å². The van der Waals surface area contributed by atoms with Crippen LogP contribution in [0.5, 0.6) is 0 Å². The maximum absolute atomic E-state index is 12.4. The van der Waals surface area contributed by atoms with E-state index in [0.717, 1.165) is 12.8 Å². The zero-order valence-corrected chi connectivity index (χ0v) is 11.8. The SMILES string of the molecule is CCOC1CCN(S(=O)(=O)c2ccnc(N)c2)CC1. The number of piperidine rings is 1. The predicted octanol–water partition coefficient (Wildman–Crippen LogP) is 0.853. The Morgan fingerprint density at radius 3 is 2.74 bits per heavy atom. The molecule has 0 aliphatic carbocycles. The van der Waals surface area contributed by atoms with Crippen LogP contribution in [-0.2, 0) is 14.8 Å². The summed E-state index contributed by atoms with van der Waals surface area (Å²) in [6, 6.07) is 2.87. The average Bonchev–Trinajstić information content (AvgIpc) is 2.40. The lowest BCUT2D eigenvalue weighted by Crippen LogP contribution is -2.40. The molecular weight excluding hydrogens is 266 g/mol. The number of rotatable bonds is 4. The zero-order valence-electron chi connectivity index (χ0n) is 10.9. The van der Waals surface area contributed by atoms with Crippen molar-refractivity contribution in [1.82, 2.24) is 9.29 Å². The topological polar surface area (TPSA) is 85.5 Å². The molecule has 7 heteroatoms. The molecule has 19 heavy (non-hydrogen) atoms. The number of nitrogen functional groups attached to an aromatic ring is 1. The Hall–Kier alpha value is -1.18. The highest BCUT2D eigenvalue weighted by Gasteiger charge is 2.29. The van der Waals surface area contributed by atoms with Crippen LogP contribution in [0.1, 0.15) is 19.8 Å². The monoisotopic (exact) mass is 285 g/mol. The lowest BCUT2D eigenvalue weighted by molar-refractivity contribution is 0.0290. The van der Waals surface area contributed by atoms with Gasteiger partial charge >= 0.3 is 0 Å². The average molecular weight is 285 g/mol. The van der Waals surface area contributed by atoms with E-state index in [1.54, 1.807) is 0 Å². The molecule has 0 spiro atoms. The Balaban J connectivity index is 2.10. The first-order valence-electron chi connectivity index (χ1n) is 6.37. The van der Waals surface area contributed by atoms with E-state index in [-0.39, 0.29) is 16.8 Å². The fourth-order valence-corrected chi connectivity index (χ4v) is 3.70. The summed E-state index contributed by atoms with van der Waals surface area (Å²) in [6.07, 6.45) is 3.04. The van der Waals surface area contributed by atoms with Crippen molar-refractivity contribution in [2.24, 2.45) is 0 Å². The molecule has 0 atom stereocenters. The van der Waals surface area contributed by atoms with E-state index in [4.69, 9.17) is 10.5 Å². The van der Waals surface area contributed by atoms with E-state index in [1.807, 2.05) is 6.92 Å². The van der Waals surface area contributed by atoms with Crippen molar-refractivity contribution in [3.05, 3.63) is 18.3 Å². The van der Waals surface area contributed by atoms with Crippen LogP contribution in [0.3, 0.4) is 0 Å². The van der Waals surface area contributed by atoms with Crippen LogP contribution in [-0.4, -0.2) is 43.5 Å². The van der Waals surface area contributed by atoms with E-state index in [9.17, 15) is 8.42 Å². The quantitative estimate of drug-likeness (QED) is 0.886. The molecule has 1 aliphatic heterocycles. The van der Waals surface area contributed by atoms with Gasteiger partial charge in [0.2, 0.25) is 10.0 Å². The maximum Gasteiger partial charge on any atom is 0.243 e. The van der Waals surface area contributed by atoms with Gasteiger partial charge in [-0.25, -0.2) is 13.4 Å². The molecule has 1 fully saturated rings. The summed E-state index contributed by atoms with van der Waals surface area (Å²) in [7, 11) is -3.47. The largest absolute Gasteiger partial charge is 0.384 e. The molecule has 1 aliphatic rings. The van der Waals surface area contributed by atoms with Crippen LogP contribution in [0.25, 0.3) is 0 Å². The first-order chi connectivity index (χ1) is 9.04. The highest BCUT2D eigenvalue weighted by molar-refractivity contribution is 7.89. The van der Waals surface area contributed by atoms with Crippen LogP contribution in [0.4, 0.5) is 5.82 Å². The predicted molar refractivity (Wildman–Crippen MR) is 72.1 cm³/mol. The number of nitrogens with zero attached hydrogens (tertiary/aromatic N) is 2. The molecule has 2 N–H and O–H groups in total. The lowest BCUT2D eigenvalue weighted by Gasteiger charge is -2.30. The Morgan fingerprint density at radius 1 is 1.47 bits per heavy atom. The van der Waals surface area contributed by atoms with Crippen LogP contribution in [0.2, 0.25) is 0 Å². The van der Waals surface area contributed by atoms with Crippen molar-refractivity contribution in [3.8, 4) is 0 Å². The minimum absolute atomic E-state index is 0.166. The molecule has 6 nitrogen and oxygen atoms in total. The molecule has 0 aromatic carbocycles. The molecule has 0 radical (unpaired) electrons. The van der Waals surface area contributed by atoms with E-state index in [2.05, 4.69) is 4.98 Å². The second-order valence-electron chi connectivity index (χ2n) is 4.48. The molecule has 106 valence electrons. The van der Waals surface area contributed by atoms with Gasteiger partial charge in [0.1, 0.15) is 5.82 Å². The zero-order chi connectivity index (χ0) is 13.9. The van der Waals surface area contributed by atoms with E-state index in [0.29, 0.717) is 19.7 Å². The van der Waals surface area contributed by atoms with Crippen molar-refractivity contribution >= 4 is 15.8 Å². The summed E-state index contributed by atoms with van der Waals surface area (Å²) in [6.45, 7) is 3.58. The molecule has 0 saturated carbocycles. The minimum Gasteiger partial charge on any atom is -0.384 e. The van der Waals surface area contributed by atoms with Crippen molar-refractivity contribution in [2.75, 3.05) is 25.4 Å². The second-order valence-corrected chi connectivity index (χ2v) is 6.41. The lowest BCUT2D eigenvalue weighted by atomic mass is 10.1. The number of hydrogen-bond acceptors (Lipinski definition) is 5. The number of hydrogen-bond donors (Lipinski definition) is 1. The number of sulfonamides is 1. The van der Waals surface area contributed by atoms with Gasteiger partial charge < -0.3 is 10.5 Å². The van der Waals surface area contributed by atoms with Crippen LogP contribution in [0, 0.1) is 0 Å². The summed E-state index contributed by atoms with van der Waals surface area (Å²) in [4.78, 5) is 4.01. The second kappa shape index (κ2) is 5.85. The van der Waals surface area contributed by atoms with Gasteiger partial charge in [0.05, 0.1) is 11.0 Å². The number of nitrogens with two attached hydrogens (primary N) is 1. The molecule has 2 heterocycles. The number of ether oxygens (including phenoxy) is 1. The third-order valence-electron chi connectivity index (χ3n) is 3.19. The van der Waals surface area contributed by atoms with E-state index >= 15 is 0 Å². The van der Waals surface area contributed by atoms with Gasteiger partial charge in [-0.15, -0.1) is 0 Å². The Labute approximate surface area is 113 Å². The van der Waals surface area contributed by atoms with Crippen LogP contribution in [0.15, 0.2) is 23.2 Å². The molecule has 1 aromatic heterocycles. The van der Waals surface area contributed by atoms with Gasteiger partial charge in [0, 0.05) is 32.0 Å². The van der Waals surface area contributed by atoms with Gasteiger partial charge in [-0.05, 0) is 25.8 Å². The molecule has 1 aromatic rings. The summed E-state index contributed by atoms with van der Waals surface area (Å²) in [5.41, 5.74) is 5.53. The van der Waals surface area contributed by atoms with Gasteiger partial charge in [-0.2, -0.15) is 4.31 Å². The fraction of sp³-hybridized carbons (Fsp3) is 0.583. The molecule has 1 saturated heterocycles. The van der Waals surface area contributed by atoms with Gasteiger partial charge in [0.25, 0.3) is 0 Å². The van der Waals surface area contributed by atoms with Gasteiger partial charge in [-0.1, -0.05) is 0 Å². The first-order valence-corrected chi connectivity index (χ1v) is 7.81. The van der Waals surface area contributed by atoms with Crippen LogP contribution >= 0.6 is 0 Å². The molecule has 0 unspecified atom stereocenters. The third-order valence-corrected chi connectivity index (χ3v) is 5.09. The minimum atomic E-state index is -3.47. The number of anilines is 1. The number of pyridine rings is 1.